The quantitative estimate of drug-likeness (QED) is 0.256. The van der Waals surface area contributed by atoms with Gasteiger partial charge in [-0.05, 0) is 0 Å². The number of rotatable bonds is 3. The number of aromatic nitrogens is 2. The van der Waals surface area contributed by atoms with E-state index in [0.29, 0.717) is 5.56 Å². The first-order valence-electron chi connectivity index (χ1n) is 6.85. The van der Waals surface area contributed by atoms with Gasteiger partial charge in [-0.15, -0.1) is 0 Å². The molecule has 0 saturated heterocycles. The number of nitrogens with one attached hydrogen (secondary N) is 3. The van der Waals surface area contributed by atoms with E-state index in [1.165, 1.54) is 7.05 Å². The minimum atomic E-state index is -1.38. The lowest BCUT2D eigenvalue weighted by Crippen LogP contribution is -2.19. The molecule has 4 N–H and O–H groups in total. The highest BCUT2D eigenvalue weighted by molar-refractivity contribution is 6.02. The van der Waals surface area contributed by atoms with Crippen molar-refractivity contribution in [1.29, 1.82) is 0 Å². The molecule has 3 rings (SSSR count). The number of hydrogen-bond acceptors (Lipinski definition) is 4. The first kappa shape index (κ1) is 15.8. The molecule has 0 spiro atoms. The second-order valence-corrected chi connectivity index (χ2v) is 4.80. The number of nitrogens with zero attached hydrogens (tertiary/aromatic N) is 2. The van der Waals surface area contributed by atoms with Crippen LogP contribution in [0.2, 0.25) is 0 Å². The Morgan fingerprint density at radius 2 is 1.83 bits per heavy atom. The van der Waals surface area contributed by atoms with Gasteiger partial charge in [-0.3, -0.25) is 15.8 Å². The van der Waals surface area contributed by atoms with E-state index in [2.05, 4.69) is 20.5 Å². The number of H-pyrrole nitrogens is 1. The molecular formula is C15H12F3N5O. The summed E-state index contributed by atoms with van der Waals surface area (Å²) in [6.45, 7) is 0. The average Bonchev–Trinajstić information content (AvgIpc) is 3.03. The molecule has 124 valence electrons. The van der Waals surface area contributed by atoms with Crippen LogP contribution in [0.4, 0.5) is 24.7 Å². The van der Waals surface area contributed by atoms with Gasteiger partial charge < -0.3 is 5.32 Å². The highest BCUT2D eigenvalue weighted by Crippen LogP contribution is 2.34. The summed E-state index contributed by atoms with van der Waals surface area (Å²) in [7, 11) is 1.27. The molecule has 1 aromatic heterocycles. The molecule has 1 heterocycles. The molecule has 24 heavy (non-hydrogen) atoms. The summed E-state index contributed by atoms with van der Waals surface area (Å²) >= 11 is 0. The monoisotopic (exact) mass is 335 g/mol. The average molecular weight is 335 g/mol. The SMILES string of the molecule is CNc1c(F)c(F)c2c(N=C(NO)c3ccccc3)n[nH]c2c1F. The van der Waals surface area contributed by atoms with Crippen LogP contribution in [0.5, 0.6) is 0 Å². The summed E-state index contributed by atoms with van der Waals surface area (Å²) in [5.74, 6) is -4.05. The molecule has 0 aliphatic rings. The first-order chi connectivity index (χ1) is 11.6. The van der Waals surface area contributed by atoms with Crippen molar-refractivity contribution >= 4 is 28.2 Å². The van der Waals surface area contributed by atoms with Gasteiger partial charge in [-0.25, -0.2) is 18.2 Å². The molecule has 0 aliphatic heterocycles. The predicted molar refractivity (Wildman–Crippen MR) is 83.1 cm³/mol. The summed E-state index contributed by atoms with van der Waals surface area (Å²) in [4.78, 5) is 3.95. The lowest BCUT2D eigenvalue weighted by molar-refractivity contribution is 0.235. The maximum Gasteiger partial charge on any atom is 0.186 e. The Labute approximate surface area is 134 Å². The predicted octanol–water partition coefficient (Wildman–Crippen LogP) is 3.08. The van der Waals surface area contributed by atoms with E-state index in [1.54, 1.807) is 30.3 Å². The Hall–Kier alpha value is -3.07. The normalized spacial score (nSPS) is 11.8. The third-order valence-corrected chi connectivity index (χ3v) is 3.44. The molecule has 2 aromatic carbocycles. The van der Waals surface area contributed by atoms with E-state index < -0.39 is 28.5 Å². The molecule has 0 saturated carbocycles. The molecule has 6 nitrogen and oxygen atoms in total. The van der Waals surface area contributed by atoms with Crippen LogP contribution in [0.3, 0.4) is 0 Å². The molecule has 0 unspecified atom stereocenters. The Morgan fingerprint density at radius 1 is 1.12 bits per heavy atom. The molecule has 0 aliphatic carbocycles. The lowest BCUT2D eigenvalue weighted by atomic mass is 10.2. The summed E-state index contributed by atoms with van der Waals surface area (Å²) in [5, 5.41) is 17.0. The molecule has 0 fully saturated rings. The van der Waals surface area contributed by atoms with Gasteiger partial charge in [0, 0.05) is 12.6 Å². The Balaban J connectivity index is 2.23. The number of hydroxylamine groups is 1. The van der Waals surface area contributed by atoms with Crippen LogP contribution in [0, 0.1) is 17.5 Å². The molecule has 9 heteroatoms. The van der Waals surface area contributed by atoms with Crippen LogP contribution in [0.1, 0.15) is 5.56 Å². The van der Waals surface area contributed by atoms with Crippen LogP contribution in [0.25, 0.3) is 10.9 Å². The van der Waals surface area contributed by atoms with Gasteiger partial charge in [-0.1, -0.05) is 30.3 Å². The van der Waals surface area contributed by atoms with Crippen LogP contribution in [-0.2, 0) is 0 Å². The van der Waals surface area contributed by atoms with Gasteiger partial charge >= 0.3 is 0 Å². The smallest absolute Gasteiger partial charge is 0.186 e. The number of benzene rings is 2. The fourth-order valence-electron chi connectivity index (χ4n) is 2.30. The fourth-order valence-corrected chi connectivity index (χ4v) is 2.30. The van der Waals surface area contributed by atoms with Gasteiger partial charge in [0.1, 0.15) is 11.2 Å². The van der Waals surface area contributed by atoms with E-state index in [1.807, 2.05) is 5.48 Å². The Bertz CT molecular complexity index is 924. The van der Waals surface area contributed by atoms with Crippen molar-refractivity contribution in [3.05, 3.63) is 53.3 Å². The number of aliphatic imine (C=N–C) groups is 1. The first-order valence-corrected chi connectivity index (χ1v) is 6.85. The second kappa shape index (κ2) is 6.20. The number of halogens is 3. The highest BCUT2D eigenvalue weighted by atomic mass is 19.2. The van der Waals surface area contributed by atoms with Crippen molar-refractivity contribution in [2.24, 2.45) is 4.99 Å². The topological polar surface area (TPSA) is 85.3 Å². The van der Waals surface area contributed by atoms with Gasteiger partial charge in [0.2, 0.25) is 0 Å². The van der Waals surface area contributed by atoms with E-state index in [9.17, 15) is 18.4 Å². The van der Waals surface area contributed by atoms with E-state index in [4.69, 9.17) is 0 Å². The molecule has 0 amide bonds. The number of anilines is 1. The van der Waals surface area contributed by atoms with E-state index in [0.717, 1.165) is 0 Å². The summed E-state index contributed by atoms with van der Waals surface area (Å²) in [6.07, 6.45) is 0. The van der Waals surface area contributed by atoms with Gasteiger partial charge in [0.15, 0.2) is 29.1 Å². The number of aromatic amines is 1. The third-order valence-electron chi connectivity index (χ3n) is 3.44. The van der Waals surface area contributed by atoms with E-state index in [-0.39, 0.29) is 17.2 Å². The van der Waals surface area contributed by atoms with Crippen LogP contribution < -0.4 is 10.8 Å². The summed E-state index contributed by atoms with van der Waals surface area (Å²) in [5.41, 5.74) is 1.40. The van der Waals surface area contributed by atoms with Gasteiger partial charge in [0.25, 0.3) is 0 Å². The number of fused-ring (bicyclic) bond motifs is 1. The second-order valence-electron chi connectivity index (χ2n) is 4.80. The Morgan fingerprint density at radius 3 is 2.46 bits per heavy atom. The van der Waals surface area contributed by atoms with E-state index >= 15 is 0 Å². The zero-order valence-corrected chi connectivity index (χ0v) is 12.4. The summed E-state index contributed by atoms with van der Waals surface area (Å²) < 4.78 is 42.5. The van der Waals surface area contributed by atoms with Gasteiger partial charge in [-0.2, -0.15) is 5.10 Å². The van der Waals surface area contributed by atoms with Crippen molar-refractivity contribution in [2.75, 3.05) is 12.4 Å². The third kappa shape index (κ3) is 2.44. The fraction of sp³-hybridized carbons (Fsp3) is 0.0667. The minimum absolute atomic E-state index is 0.0538. The minimum Gasteiger partial charge on any atom is -0.383 e. The van der Waals surface area contributed by atoms with Crippen LogP contribution in [0.15, 0.2) is 35.3 Å². The van der Waals surface area contributed by atoms with Gasteiger partial charge in [0.05, 0.1) is 5.39 Å². The highest BCUT2D eigenvalue weighted by Gasteiger charge is 2.24. The lowest BCUT2D eigenvalue weighted by Gasteiger charge is -2.07. The van der Waals surface area contributed by atoms with Crippen LogP contribution in [-0.4, -0.2) is 28.3 Å². The molecular weight excluding hydrogens is 323 g/mol. The van der Waals surface area contributed by atoms with Crippen LogP contribution >= 0.6 is 0 Å². The standard InChI is InChI=1S/C15H12F3N5O/c1-19-13-10(17)9(16)8-12(11(13)18)21-22-15(8)20-14(23-24)7-5-3-2-4-6-7/h2-6,19,24H,1H3,(H2,20,21,22,23). The number of hydrogen-bond donors (Lipinski definition) is 4. The van der Waals surface area contributed by atoms with Crippen molar-refractivity contribution in [1.82, 2.24) is 15.7 Å². The van der Waals surface area contributed by atoms with Crippen molar-refractivity contribution in [3.63, 3.8) is 0 Å². The summed E-state index contributed by atoms with van der Waals surface area (Å²) in [6, 6.07) is 8.42. The van der Waals surface area contributed by atoms with Crippen molar-refractivity contribution in [2.45, 2.75) is 0 Å². The molecule has 0 radical (unpaired) electrons. The zero-order chi connectivity index (χ0) is 17.3. The van der Waals surface area contributed by atoms with Crippen molar-refractivity contribution in [3.8, 4) is 0 Å². The largest absolute Gasteiger partial charge is 0.383 e. The molecule has 3 aromatic rings. The zero-order valence-electron chi connectivity index (χ0n) is 12.4. The number of amidine groups is 1. The molecule has 0 atom stereocenters. The van der Waals surface area contributed by atoms with Crippen molar-refractivity contribution < 1.29 is 18.4 Å². The Kier molecular flexibility index (Phi) is 4.09. The maximum atomic E-state index is 14.3. The molecule has 0 bridgehead atoms. The maximum absolute atomic E-state index is 14.3.